The Bertz CT molecular complexity index is 849. The van der Waals surface area contributed by atoms with Crippen molar-refractivity contribution in [1.82, 2.24) is 0 Å². The number of aryl methyl sites for hydroxylation is 1. The van der Waals surface area contributed by atoms with Gasteiger partial charge in [-0.05, 0) is 61.9 Å². The molecule has 0 aliphatic rings. The molecular weight excluding hydrogens is 348 g/mol. The number of hydrogen-bond donors (Lipinski definition) is 1. The van der Waals surface area contributed by atoms with E-state index in [1.165, 1.54) is 4.31 Å². The molecule has 0 atom stereocenters. The summed E-state index contributed by atoms with van der Waals surface area (Å²) in [6.07, 6.45) is 1.15. The van der Waals surface area contributed by atoms with Gasteiger partial charge >= 0.3 is 0 Å². The van der Waals surface area contributed by atoms with Crippen LogP contribution in [0.15, 0.2) is 42.5 Å². The van der Waals surface area contributed by atoms with Gasteiger partial charge in [0.2, 0.25) is 10.0 Å². The standard InChI is InChI=1S/C17H19ClN2O3S/c1-4-20(24(3,22)23)15-8-5-13(6-9-15)17(21)19-16-10-7-14(18)11-12(16)2/h5-11H,4H2,1-3H3,(H,19,21). The third-order valence-corrected chi connectivity index (χ3v) is 5.05. The normalized spacial score (nSPS) is 11.2. The molecule has 0 aromatic heterocycles. The summed E-state index contributed by atoms with van der Waals surface area (Å²) >= 11 is 5.90. The number of halogens is 1. The van der Waals surface area contributed by atoms with Crippen LogP contribution in [0.4, 0.5) is 11.4 Å². The number of rotatable bonds is 5. The lowest BCUT2D eigenvalue weighted by Crippen LogP contribution is -2.29. The zero-order valence-electron chi connectivity index (χ0n) is 13.7. The van der Waals surface area contributed by atoms with Crippen LogP contribution in [-0.2, 0) is 10.0 Å². The Labute approximate surface area is 147 Å². The largest absolute Gasteiger partial charge is 0.322 e. The number of hydrogen-bond acceptors (Lipinski definition) is 3. The molecule has 128 valence electrons. The summed E-state index contributed by atoms with van der Waals surface area (Å²) in [7, 11) is -3.34. The number of sulfonamides is 1. The van der Waals surface area contributed by atoms with Gasteiger partial charge in [-0.3, -0.25) is 9.10 Å². The minimum Gasteiger partial charge on any atom is -0.322 e. The van der Waals surface area contributed by atoms with Gasteiger partial charge in [0.05, 0.1) is 11.9 Å². The molecule has 1 N–H and O–H groups in total. The van der Waals surface area contributed by atoms with E-state index in [9.17, 15) is 13.2 Å². The van der Waals surface area contributed by atoms with E-state index in [1.54, 1.807) is 49.4 Å². The van der Waals surface area contributed by atoms with Crippen molar-refractivity contribution in [3.8, 4) is 0 Å². The highest BCUT2D eigenvalue weighted by Gasteiger charge is 2.16. The topological polar surface area (TPSA) is 66.5 Å². The van der Waals surface area contributed by atoms with Crippen molar-refractivity contribution in [2.45, 2.75) is 13.8 Å². The first-order valence-electron chi connectivity index (χ1n) is 7.37. The van der Waals surface area contributed by atoms with Gasteiger partial charge in [-0.1, -0.05) is 11.6 Å². The molecule has 2 aromatic carbocycles. The van der Waals surface area contributed by atoms with Crippen LogP contribution in [0.5, 0.6) is 0 Å². The van der Waals surface area contributed by atoms with Crippen LogP contribution in [0.25, 0.3) is 0 Å². The molecule has 2 aromatic rings. The van der Waals surface area contributed by atoms with E-state index in [1.807, 2.05) is 6.92 Å². The quantitative estimate of drug-likeness (QED) is 0.877. The minimum atomic E-state index is -3.34. The lowest BCUT2D eigenvalue weighted by atomic mass is 10.1. The summed E-state index contributed by atoms with van der Waals surface area (Å²) in [4.78, 5) is 12.3. The van der Waals surface area contributed by atoms with E-state index in [0.717, 1.165) is 11.8 Å². The van der Waals surface area contributed by atoms with Gasteiger partial charge in [0, 0.05) is 22.8 Å². The van der Waals surface area contributed by atoms with E-state index >= 15 is 0 Å². The van der Waals surface area contributed by atoms with E-state index in [2.05, 4.69) is 5.32 Å². The Hall–Kier alpha value is -2.05. The maximum Gasteiger partial charge on any atom is 0.255 e. The van der Waals surface area contributed by atoms with Crippen LogP contribution < -0.4 is 9.62 Å². The number of carbonyl (C=O) groups is 1. The Morgan fingerprint density at radius 2 is 1.79 bits per heavy atom. The minimum absolute atomic E-state index is 0.269. The first kappa shape index (κ1) is 18.3. The zero-order chi connectivity index (χ0) is 17.9. The summed E-state index contributed by atoms with van der Waals surface area (Å²) in [5.74, 6) is -0.269. The van der Waals surface area contributed by atoms with Gasteiger partial charge in [-0.25, -0.2) is 8.42 Å². The van der Waals surface area contributed by atoms with Gasteiger partial charge < -0.3 is 5.32 Å². The van der Waals surface area contributed by atoms with Crippen molar-refractivity contribution >= 4 is 38.9 Å². The summed E-state index contributed by atoms with van der Waals surface area (Å²) in [6, 6.07) is 11.7. The summed E-state index contributed by atoms with van der Waals surface area (Å²) in [5.41, 5.74) is 2.51. The molecule has 0 aliphatic carbocycles. The fourth-order valence-corrected chi connectivity index (χ4v) is 3.55. The summed E-state index contributed by atoms with van der Waals surface area (Å²) in [6.45, 7) is 3.94. The lowest BCUT2D eigenvalue weighted by Gasteiger charge is -2.20. The van der Waals surface area contributed by atoms with Crippen molar-refractivity contribution in [3.63, 3.8) is 0 Å². The van der Waals surface area contributed by atoms with Crippen molar-refractivity contribution < 1.29 is 13.2 Å². The van der Waals surface area contributed by atoms with Gasteiger partial charge in [0.25, 0.3) is 5.91 Å². The second-order valence-electron chi connectivity index (χ2n) is 5.39. The van der Waals surface area contributed by atoms with Crippen LogP contribution in [0, 0.1) is 6.92 Å². The Morgan fingerprint density at radius 1 is 1.17 bits per heavy atom. The molecule has 0 saturated heterocycles. The lowest BCUT2D eigenvalue weighted by molar-refractivity contribution is 0.102. The first-order chi connectivity index (χ1) is 11.2. The molecule has 1 amide bonds. The number of nitrogens with one attached hydrogen (secondary N) is 1. The molecule has 7 heteroatoms. The maximum atomic E-state index is 12.3. The van der Waals surface area contributed by atoms with Crippen molar-refractivity contribution in [2.75, 3.05) is 22.4 Å². The SMILES string of the molecule is CCN(c1ccc(C(=O)Nc2ccc(Cl)cc2C)cc1)S(C)(=O)=O. The van der Waals surface area contributed by atoms with Gasteiger partial charge in [-0.15, -0.1) is 0 Å². The highest BCUT2D eigenvalue weighted by Crippen LogP contribution is 2.22. The van der Waals surface area contributed by atoms with Crippen LogP contribution >= 0.6 is 11.6 Å². The van der Waals surface area contributed by atoms with Crippen LogP contribution in [0.3, 0.4) is 0 Å². The smallest absolute Gasteiger partial charge is 0.255 e. The molecule has 0 aliphatic heterocycles. The van der Waals surface area contributed by atoms with Gasteiger partial charge in [-0.2, -0.15) is 0 Å². The molecule has 0 spiro atoms. The maximum absolute atomic E-state index is 12.3. The molecule has 0 bridgehead atoms. The summed E-state index contributed by atoms with van der Waals surface area (Å²) < 4.78 is 24.7. The Kier molecular flexibility index (Phi) is 5.51. The molecule has 0 fully saturated rings. The van der Waals surface area contributed by atoms with Gasteiger partial charge in [0.15, 0.2) is 0 Å². The second kappa shape index (κ2) is 7.23. The monoisotopic (exact) mass is 366 g/mol. The fourth-order valence-electron chi connectivity index (χ4n) is 2.35. The third kappa shape index (κ3) is 4.27. The molecule has 0 radical (unpaired) electrons. The third-order valence-electron chi connectivity index (χ3n) is 3.54. The van der Waals surface area contributed by atoms with Crippen molar-refractivity contribution in [3.05, 3.63) is 58.6 Å². The number of anilines is 2. The molecule has 0 unspecified atom stereocenters. The van der Waals surface area contributed by atoms with E-state index in [-0.39, 0.29) is 5.91 Å². The van der Waals surface area contributed by atoms with Crippen molar-refractivity contribution in [1.29, 1.82) is 0 Å². The molecule has 2 rings (SSSR count). The van der Waals surface area contributed by atoms with Crippen molar-refractivity contribution in [2.24, 2.45) is 0 Å². The number of benzene rings is 2. The first-order valence-corrected chi connectivity index (χ1v) is 9.60. The highest BCUT2D eigenvalue weighted by atomic mass is 35.5. The average molecular weight is 367 g/mol. The van der Waals surface area contributed by atoms with E-state index < -0.39 is 10.0 Å². The molecule has 24 heavy (non-hydrogen) atoms. The molecule has 0 heterocycles. The van der Waals surface area contributed by atoms with E-state index in [0.29, 0.717) is 28.5 Å². The van der Waals surface area contributed by atoms with Crippen LogP contribution in [0.2, 0.25) is 5.02 Å². The molecular formula is C17H19ClN2O3S. The fraction of sp³-hybridized carbons (Fsp3) is 0.235. The van der Waals surface area contributed by atoms with Crippen LogP contribution in [-0.4, -0.2) is 27.1 Å². The number of carbonyl (C=O) groups excluding carboxylic acids is 1. The Balaban J connectivity index is 2.19. The second-order valence-corrected chi connectivity index (χ2v) is 7.73. The zero-order valence-corrected chi connectivity index (χ0v) is 15.3. The summed E-state index contributed by atoms with van der Waals surface area (Å²) in [5, 5.41) is 3.42. The number of amides is 1. The molecule has 5 nitrogen and oxygen atoms in total. The predicted molar refractivity (Wildman–Crippen MR) is 98.4 cm³/mol. The number of nitrogens with zero attached hydrogens (tertiary/aromatic N) is 1. The van der Waals surface area contributed by atoms with Crippen LogP contribution in [0.1, 0.15) is 22.8 Å². The highest BCUT2D eigenvalue weighted by molar-refractivity contribution is 7.92. The predicted octanol–water partition coefficient (Wildman–Crippen LogP) is 3.69. The van der Waals surface area contributed by atoms with Gasteiger partial charge in [0.1, 0.15) is 0 Å². The Morgan fingerprint density at radius 3 is 2.29 bits per heavy atom. The average Bonchev–Trinajstić information content (AvgIpc) is 2.50. The van der Waals surface area contributed by atoms with E-state index in [4.69, 9.17) is 11.6 Å². The molecule has 0 saturated carbocycles.